The van der Waals surface area contributed by atoms with Gasteiger partial charge in [0.2, 0.25) is 0 Å². The second-order valence-electron chi connectivity index (χ2n) is 7.23. The number of ether oxygens (including phenoxy) is 1. The molecule has 0 amide bonds. The Morgan fingerprint density at radius 2 is 1.81 bits per heavy atom. The summed E-state index contributed by atoms with van der Waals surface area (Å²) >= 11 is 0. The number of nitrogens with zero attached hydrogens (tertiary/aromatic N) is 5. The van der Waals surface area contributed by atoms with Crippen LogP contribution in [0.1, 0.15) is 19.8 Å². The van der Waals surface area contributed by atoms with Gasteiger partial charge in [0.1, 0.15) is 6.61 Å². The first-order valence-corrected chi connectivity index (χ1v) is 9.96. The third kappa shape index (κ3) is 5.55. The highest BCUT2D eigenvalue weighted by molar-refractivity contribution is 5.36. The molecule has 2 aliphatic heterocycles. The number of anilines is 1. The van der Waals surface area contributed by atoms with Gasteiger partial charge in [0.25, 0.3) is 5.56 Å². The van der Waals surface area contributed by atoms with E-state index in [1.54, 1.807) is 24.0 Å². The largest absolute Gasteiger partial charge is 0.365 e. The van der Waals surface area contributed by atoms with Crippen molar-refractivity contribution in [1.29, 1.82) is 0 Å². The predicted octanol–water partition coefficient (Wildman–Crippen LogP) is 0.407. The predicted molar refractivity (Wildman–Crippen MR) is 107 cm³/mol. The van der Waals surface area contributed by atoms with Crippen LogP contribution in [0.3, 0.4) is 0 Å². The van der Waals surface area contributed by atoms with Crippen LogP contribution in [0, 0.1) is 11.8 Å². The van der Waals surface area contributed by atoms with Gasteiger partial charge in [-0.25, -0.2) is 4.98 Å². The first-order chi connectivity index (χ1) is 13.2. The maximum atomic E-state index is 12.2. The van der Waals surface area contributed by atoms with Crippen LogP contribution < -0.4 is 10.5 Å². The molecule has 0 bridgehead atoms. The molecular formula is C20H31N5O2. The van der Waals surface area contributed by atoms with E-state index in [2.05, 4.69) is 38.4 Å². The molecule has 2 aliphatic rings. The molecule has 3 rings (SSSR count). The highest BCUT2D eigenvalue weighted by atomic mass is 16.5. The molecule has 1 aromatic heterocycles. The van der Waals surface area contributed by atoms with Crippen molar-refractivity contribution in [3.8, 4) is 11.8 Å². The lowest BCUT2D eigenvalue weighted by Crippen LogP contribution is -2.46. The lowest BCUT2D eigenvalue weighted by atomic mass is 10.1. The van der Waals surface area contributed by atoms with E-state index in [4.69, 9.17) is 4.74 Å². The van der Waals surface area contributed by atoms with E-state index < -0.39 is 0 Å². The van der Waals surface area contributed by atoms with Gasteiger partial charge in [-0.1, -0.05) is 18.8 Å². The summed E-state index contributed by atoms with van der Waals surface area (Å²) in [6, 6.07) is 0. The molecule has 148 valence electrons. The van der Waals surface area contributed by atoms with E-state index in [-0.39, 0.29) is 11.7 Å². The highest BCUT2D eigenvalue weighted by Crippen LogP contribution is 2.16. The van der Waals surface area contributed by atoms with Crippen molar-refractivity contribution in [3.05, 3.63) is 22.7 Å². The Morgan fingerprint density at radius 3 is 2.52 bits per heavy atom. The minimum atomic E-state index is -0.0393. The Morgan fingerprint density at radius 1 is 1.11 bits per heavy atom. The van der Waals surface area contributed by atoms with Crippen LogP contribution in [0.4, 0.5) is 5.82 Å². The molecule has 7 nitrogen and oxygen atoms in total. The number of piperazine rings is 1. The number of piperidine rings is 1. The van der Waals surface area contributed by atoms with E-state index >= 15 is 0 Å². The fourth-order valence-corrected chi connectivity index (χ4v) is 3.58. The Balaban J connectivity index is 1.35. The molecular weight excluding hydrogens is 342 g/mol. The summed E-state index contributed by atoms with van der Waals surface area (Å²) in [5, 5.41) is 0. The van der Waals surface area contributed by atoms with Crippen molar-refractivity contribution in [1.82, 2.24) is 19.4 Å². The van der Waals surface area contributed by atoms with Gasteiger partial charge in [-0.05, 0) is 19.4 Å². The zero-order chi connectivity index (χ0) is 19.1. The van der Waals surface area contributed by atoms with Gasteiger partial charge >= 0.3 is 0 Å². The molecule has 0 radical (unpaired) electrons. The Labute approximate surface area is 161 Å². The molecule has 0 aromatic carbocycles. The molecule has 2 saturated heterocycles. The molecule has 0 N–H and O–H groups in total. The highest BCUT2D eigenvalue weighted by Gasteiger charge is 2.22. The van der Waals surface area contributed by atoms with Gasteiger partial charge in [0, 0.05) is 58.7 Å². The van der Waals surface area contributed by atoms with Crippen LogP contribution in [-0.2, 0) is 11.8 Å². The summed E-state index contributed by atoms with van der Waals surface area (Å²) in [7, 11) is 1.76. The summed E-state index contributed by atoms with van der Waals surface area (Å²) in [5.74, 6) is 6.94. The van der Waals surface area contributed by atoms with Crippen LogP contribution in [-0.4, -0.2) is 84.4 Å². The maximum Gasteiger partial charge on any atom is 0.293 e. The fraction of sp³-hybridized carbons (Fsp3) is 0.700. The van der Waals surface area contributed by atoms with Gasteiger partial charge in [0.15, 0.2) is 5.82 Å². The maximum absolute atomic E-state index is 12.2. The molecule has 3 heterocycles. The average molecular weight is 374 g/mol. The van der Waals surface area contributed by atoms with Crippen molar-refractivity contribution < 1.29 is 4.74 Å². The summed E-state index contributed by atoms with van der Waals surface area (Å²) in [6.07, 6.45) is 5.39. The van der Waals surface area contributed by atoms with Gasteiger partial charge in [-0.2, -0.15) is 0 Å². The van der Waals surface area contributed by atoms with Crippen LogP contribution in [0.25, 0.3) is 0 Å². The SMILES string of the molecule is CCN1CCN(CC#CCOC2CCN(c3nccn(C)c3=O)CC2)CC1. The number of hydrogen-bond donors (Lipinski definition) is 0. The second kappa shape index (κ2) is 9.88. The minimum Gasteiger partial charge on any atom is -0.365 e. The van der Waals surface area contributed by atoms with Crippen LogP contribution in [0.5, 0.6) is 0 Å². The number of aryl methyl sites for hydroxylation is 1. The van der Waals surface area contributed by atoms with Crippen LogP contribution in [0.2, 0.25) is 0 Å². The number of hydrogen-bond acceptors (Lipinski definition) is 6. The number of rotatable bonds is 5. The second-order valence-corrected chi connectivity index (χ2v) is 7.23. The lowest BCUT2D eigenvalue weighted by molar-refractivity contribution is 0.0593. The van der Waals surface area contributed by atoms with Gasteiger partial charge in [-0.3, -0.25) is 9.69 Å². The Bertz CT molecular complexity index is 707. The van der Waals surface area contributed by atoms with Crippen molar-refractivity contribution >= 4 is 5.82 Å². The first-order valence-electron chi connectivity index (χ1n) is 9.96. The summed E-state index contributed by atoms with van der Waals surface area (Å²) in [4.78, 5) is 23.4. The molecule has 0 unspecified atom stereocenters. The van der Waals surface area contributed by atoms with E-state index in [1.807, 2.05) is 0 Å². The fourth-order valence-electron chi connectivity index (χ4n) is 3.58. The van der Waals surface area contributed by atoms with Gasteiger partial charge in [0.05, 0.1) is 12.6 Å². The Kier molecular flexibility index (Phi) is 7.27. The van der Waals surface area contributed by atoms with Crippen molar-refractivity contribution in [2.75, 3.05) is 63.9 Å². The smallest absolute Gasteiger partial charge is 0.293 e. The minimum absolute atomic E-state index is 0.0393. The molecule has 0 saturated carbocycles. The van der Waals surface area contributed by atoms with E-state index in [9.17, 15) is 4.79 Å². The molecule has 0 spiro atoms. The number of aromatic nitrogens is 2. The van der Waals surface area contributed by atoms with Crippen molar-refractivity contribution in [3.63, 3.8) is 0 Å². The van der Waals surface area contributed by atoms with Crippen LogP contribution in [0.15, 0.2) is 17.2 Å². The third-order valence-corrected chi connectivity index (χ3v) is 5.47. The summed E-state index contributed by atoms with van der Waals surface area (Å²) < 4.78 is 7.49. The lowest BCUT2D eigenvalue weighted by Gasteiger charge is -2.32. The molecule has 0 atom stereocenters. The van der Waals surface area contributed by atoms with E-state index in [0.717, 1.165) is 65.2 Å². The third-order valence-electron chi connectivity index (χ3n) is 5.47. The molecule has 0 aliphatic carbocycles. The summed E-state index contributed by atoms with van der Waals surface area (Å²) in [6.45, 7) is 10.8. The topological polar surface area (TPSA) is 53.8 Å². The van der Waals surface area contributed by atoms with Crippen molar-refractivity contribution in [2.45, 2.75) is 25.9 Å². The monoisotopic (exact) mass is 373 g/mol. The first kappa shape index (κ1) is 19.9. The quantitative estimate of drug-likeness (QED) is 0.697. The van der Waals surface area contributed by atoms with Crippen LogP contribution >= 0.6 is 0 Å². The molecule has 27 heavy (non-hydrogen) atoms. The average Bonchev–Trinajstić information content (AvgIpc) is 2.71. The van der Waals surface area contributed by atoms with E-state index in [1.165, 1.54) is 0 Å². The van der Waals surface area contributed by atoms with Gasteiger partial charge < -0.3 is 19.1 Å². The van der Waals surface area contributed by atoms with E-state index in [0.29, 0.717) is 12.4 Å². The zero-order valence-corrected chi connectivity index (χ0v) is 16.6. The molecule has 7 heteroatoms. The summed E-state index contributed by atoms with van der Waals surface area (Å²) in [5.41, 5.74) is -0.0393. The zero-order valence-electron chi connectivity index (χ0n) is 16.6. The molecule has 1 aromatic rings. The molecule has 2 fully saturated rings. The standard InChI is InChI=1S/C20H31N5O2/c1-3-23-13-15-24(16-14-23)9-4-5-17-27-18-6-10-25(11-7-18)19-20(26)22(2)12-8-21-19/h8,12,18H,3,6-7,9-11,13-17H2,1-2H3. The van der Waals surface area contributed by atoms with Gasteiger partial charge in [-0.15, -0.1) is 0 Å². The normalized spacial score (nSPS) is 19.7. The van der Waals surface area contributed by atoms with Crippen molar-refractivity contribution in [2.24, 2.45) is 7.05 Å². The number of likely N-dealkylation sites (N-methyl/N-ethyl adjacent to an activating group) is 1. The Hall–Kier alpha value is -1.88.